The summed E-state index contributed by atoms with van der Waals surface area (Å²) in [6, 6.07) is 0. The third-order valence-corrected chi connectivity index (χ3v) is 3.00. The molecular weight excluding hydrogens is 112 g/mol. The van der Waals surface area contributed by atoms with Gasteiger partial charge >= 0.3 is 0 Å². The Morgan fingerprint density at radius 1 is 1.22 bits per heavy atom. The second-order valence-corrected chi connectivity index (χ2v) is 3.40. The maximum atomic E-state index is 11.1. The van der Waals surface area contributed by atoms with Crippen LogP contribution < -0.4 is 0 Å². The minimum absolute atomic E-state index is 0.361. The predicted molar refractivity (Wildman–Crippen MR) is 32.7 cm³/mol. The predicted octanol–water partition coefficient (Wildman–Crippen LogP) is 1.01. The molecule has 2 bridgehead atoms. The molecule has 3 aliphatic carbocycles. The lowest BCUT2D eigenvalue weighted by Crippen LogP contribution is -2.09. The zero-order valence-corrected chi connectivity index (χ0v) is 5.08. The van der Waals surface area contributed by atoms with Gasteiger partial charge in [-0.2, -0.15) is 0 Å². The number of carbonyl (C=O) groups excluding carboxylic acids is 1. The number of fused-ring (bicyclic) bond motifs is 5. The normalized spacial score (nSPS) is 58.4. The van der Waals surface area contributed by atoms with Gasteiger partial charge in [0, 0.05) is 11.8 Å². The number of hydrogen-bond donors (Lipinski definition) is 0. The van der Waals surface area contributed by atoms with Crippen molar-refractivity contribution in [2.45, 2.75) is 6.42 Å². The van der Waals surface area contributed by atoms with E-state index in [0.717, 1.165) is 11.8 Å². The van der Waals surface area contributed by atoms with Gasteiger partial charge in [-0.05, 0) is 18.3 Å². The fourth-order valence-corrected chi connectivity index (χ4v) is 2.42. The standard InChI is InChI=1S/C8H8O/c9-8-4-1-2-5(8)7-3-6(4)7/h1-2,4-7H,3H2/t4-,5-,6-,7-/m1/s1. The van der Waals surface area contributed by atoms with Crippen LogP contribution in [0.5, 0.6) is 0 Å². The molecule has 3 rings (SSSR count). The summed E-state index contributed by atoms with van der Waals surface area (Å²) in [5.41, 5.74) is 0. The Labute approximate surface area is 53.7 Å². The van der Waals surface area contributed by atoms with Gasteiger partial charge in [-0.15, -0.1) is 0 Å². The Bertz CT molecular complexity index is 197. The van der Waals surface area contributed by atoms with Crippen LogP contribution in [0.15, 0.2) is 12.2 Å². The molecule has 1 heteroatoms. The smallest absolute Gasteiger partial charge is 0.147 e. The summed E-state index contributed by atoms with van der Waals surface area (Å²) in [4.78, 5) is 11.1. The van der Waals surface area contributed by atoms with E-state index in [1.807, 2.05) is 0 Å². The van der Waals surface area contributed by atoms with Crippen LogP contribution in [0, 0.1) is 23.7 Å². The van der Waals surface area contributed by atoms with Gasteiger partial charge in [-0.1, -0.05) is 12.2 Å². The summed E-state index contributed by atoms with van der Waals surface area (Å²) in [6.07, 6.45) is 5.55. The summed E-state index contributed by atoms with van der Waals surface area (Å²) in [6.45, 7) is 0. The molecule has 9 heavy (non-hydrogen) atoms. The van der Waals surface area contributed by atoms with Crippen molar-refractivity contribution in [3.05, 3.63) is 12.2 Å². The Morgan fingerprint density at radius 2 is 1.78 bits per heavy atom. The van der Waals surface area contributed by atoms with Crippen LogP contribution in [-0.4, -0.2) is 5.78 Å². The van der Waals surface area contributed by atoms with Crippen LogP contribution in [-0.2, 0) is 4.79 Å². The van der Waals surface area contributed by atoms with E-state index in [1.165, 1.54) is 6.42 Å². The highest BCUT2D eigenvalue weighted by atomic mass is 16.1. The largest absolute Gasteiger partial charge is 0.298 e. The van der Waals surface area contributed by atoms with Crippen molar-refractivity contribution in [3.63, 3.8) is 0 Å². The van der Waals surface area contributed by atoms with Crippen molar-refractivity contribution < 1.29 is 4.79 Å². The van der Waals surface area contributed by atoms with Crippen molar-refractivity contribution in [3.8, 4) is 0 Å². The Hall–Kier alpha value is -0.590. The summed E-state index contributed by atoms with van der Waals surface area (Å²) >= 11 is 0. The van der Waals surface area contributed by atoms with Crippen molar-refractivity contribution in [2.24, 2.45) is 23.7 Å². The van der Waals surface area contributed by atoms with E-state index < -0.39 is 0 Å². The van der Waals surface area contributed by atoms with Gasteiger partial charge < -0.3 is 0 Å². The third-order valence-electron chi connectivity index (χ3n) is 3.00. The van der Waals surface area contributed by atoms with Crippen LogP contribution in [0.4, 0.5) is 0 Å². The van der Waals surface area contributed by atoms with Gasteiger partial charge in [0.05, 0.1) is 0 Å². The average molecular weight is 120 g/mol. The van der Waals surface area contributed by atoms with Gasteiger partial charge in [0.2, 0.25) is 0 Å². The third kappa shape index (κ3) is 0.311. The molecule has 0 N–H and O–H groups in total. The maximum absolute atomic E-state index is 11.1. The van der Waals surface area contributed by atoms with Gasteiger partial charge in [-0.25, -0.2) is 0 Å². The summed E-state index contributed by atoms with van der Waals surface area (Å²) < 4.78 is 0. The topological polar surface area (TPSA) is 17.1 Å². The average Bonchev–Trinajstić information content (AvgIpc) is 2.53. The first kappa shape index (κ1) is 4.26. The lowest BCUT2D eigenvalue weighted by molar-refractivity contribution is -0.121. The van der Waals surface area contributed by atoms with Gasteiger partial charge in [-0.3, -0.25) is 4.79 Å². The molecule has 2 fully saturated rings. The molecule has 0 radical (unpaired) electrons. The molecule has 46 valence electrons. The fraction of sp³-hybridized carbons (Fsp3) is 0.625. The quantitative estimate of drug-likeness (QED) is 0.436. The molecule has 0 aliphatic heterocycles. The van der Waals surface area contributed by atoms with Crippen LogP contribution >= 0.6 is 0 Å². The Kier molecular flexibility index (Phi) is 0.476. The number of Topliss-reactive ketones (excluding diaryl/α,β-unsaturated/α-hetero) is 1. The van der Waals surface area contributed by atoms with E-state index >= 15 is 0 Å². The highest BCUT2D eigenvalue weighted by molar-refractivity contribution is 5.93. The monoisotopic (exact) mass is 120 g/mol. The van der Waals surface area contributed by atoms with Crippen molar-refractivity contribution >= 4 is 5.78 Å². The fourth-order valence-electron chi connectivity index (χ4n) is 2.42. The molecule has 0 spiro atoms. The molecular formula is C8H8O. The van der Waals surface area contributed by atoms with Crippen LogP contribution in [0.25, 0.3) is 0 Å². The number of carbonyl (C=O) groups is 1. The zero-order valence-electron chi connectivity index (χ0n) is 5.08. The maximum Gasteiger partial charge on any atom is 0.147 e. The first-order valence-corrected chi connectivity index (χ1v) is 3.60. The number of allylic oxidation sites excluding steroid dienone is 2. The Balaban J connectivity index is 2.17. The van der Waals surface area contributed by atoms with E-state index in [1.54, 1.807) is 0 Å². The molecule has 0 aromatic carbocycles. The van der Waals surface area contributed by atoms with Gasteiger partial charge in [0.15, 0.2) is 0 Å². The first-order valence-electron chi connectivity index (χ1n) is 3.60. The summed E-state index contributed by atoms with van der Waals surface area (Å²) in [7, 11) is 0. The molecule has 0 saturated heterocycles. The van der Waals surface area contributed by atoms with Gasteiger partial charge in [0.25, 0.3) is 0 Å². The van der Waals surface area contributed by atoms with E-state index in [9.17, 15) is 4.79 Å². The molecule has 2 saturated carbocycles. The minimum Gasteiger partial charge on any atom is -0.298 e. The zero-order chi connectivity index (χ0) is 6.01. The Morgan fingerprint density at radius 3 is 2.11 bits per heavy atom. The lowest BCUT2D eigenvalue weighted by atomic mass is 10.1. The number of ketones is 1. The molecule has 1 nitrogen and oxygen atoms in total. The van der Waals surface area contributed by atoms with Crippen molar-refractivity contribution in [2.75, 3.05) is 0 Å². The molecule has 0 heterocycles. The highest BCUT2D eigenvalue weighted by Gasteiger charge is 2.60. The molecule has 4 atom stereocenters. The van der Waals surface area contributed by atoms with Gasteiger partial charge in [0.1, 0.15) is 5.78 Å². The summed E-state index contributed by atoms with van der Waals surface area (Å²) in [5.74, 6) is 2.80. The van der Waals surface area contributed by atoms with Crippen molar-refractivity contribution in [1.29, 1.82) is 0 Å². The van der Waals surface area contributed by atoms with E-state index in [0.29, 0.717) is 17.6 Å². The minimum atomic E-state index is 0.361. The molecule has 0 aromatic heterocycles. The number of hydrogen-bond acceptors (Lipinski definition) is 1. The van der Waals surface area contributed by atoms with Crippen LogP contribution in [0.3, 0.4) is 0 Å². The molecule has 0 aromatic rings. The second-order valence-electron chi connectivity index (χ2n) is 3.40. The SMILES string of the molecule is O=C1[C@@H]2C=C[C@@H]1[C@H]1C[C@@H]12. The summed E-state index contributed by atoms with van der Waals surface area (Å²) in [5, 5.41) is 0. The molecule has 0 amide bonds. The number of rotatable bonds is 0. The first-order chi connectivity index (χ1) is 4.38. The highest BCUT2D eigenvalue weighted by Crippen LogP contribution is 2.60. The lowest BCUT2D eigenvalue weighted by Gasteiger charge is -1.97. The van der Waals surface area contributed by atoms with E-state index in [-0.39, 0.29) is 0 Å². The van der Waals surface area contributed by atoms with Crippen LogP contribution in [0.2, 0.25) is 0 Å². The van der Waals surface area contributed by atoms with Crippen LogP contribution in [0.1, 0.15) is 6.42 Å². The van der Waals surface area contributed by atoms with E-state index in [4.69, 9.17) is 0 Å². The van der Waals surface area contributed by atoms with E-state index in [2.05, 4.69) is 12.2 Å². The van der Waals surface area contributed by atoms with Crippen molar-refractivity contribution in [1.82, 2.24) is 0 Å². The molecule has 0 unspecified atom stereocenters. The molecule has 3 aliphatic rings. The second kappa shape index (κ2) is 1.00.